The van der Waals surface area contributed by atoms with Crippen molar-refractivity contribution in [1.82, 2.24) is 20.6 Å². The quantitative estimate of drug-likeness (QED) is 0.593. The number of pyridine rings is 1. The van der Waals surface area contributed by atoms with Crippen molar-refractivity contribution in [3.8, 4) is 0 Å². The van der Waals surface area contributed by atoms with Crippen molar-refractivity contribution in [2.24, 2.45) is 4.99 Å². The maximum atomic E-state index is 4.59. The Hall–Kier alpha value is -2.15. The first-order valence-electron chi connectivity index (χ1n) is 8.13. The van der Waals surface area contributed by atoms with Crippen LogP contribution >= 0.6 is 11.3 Å². The van der Waals surface area contributed by atoms with Crippen molar-refractivity contribution in [2.75, 3.05) is 32.6 Å². The zero-order valence-electron chi connectivity index (χ0n) is 14.8. The second-order valence-corrected chi connectivity index (χ2v) is 6.76. The van der Waals surface area contributed by atoms with Gasteiger partial charge in [0.05, 0.1) is 17.2 Å². The van der Waals surface area contributed by atoms with Gasteiger partial charge < -0.3 is 15.5 Å². The van der Waals surface area contributed by atoms with Crippen LogP contribution < -0.4 is 15.5 Å². The summed E-state index contributed by atoms with van der Waals surface area (Å²) in [6.45, 7) is 3.60. The summed E-state index contributed by atoms with van der Waals surface area (Å²) in [5, 5.41) is 7.78. The van der Waals surface area contributed by atoms with Gasteiger partial charge in [0.15, 0.2) is 5.96 Å². The predicted molar refractivity (Wildman–Crippen MR) is 102 cm³/mol. The van der Waals surface area contributed by atoms with Crippen molar-refractivity contribution in [3.05, 3.63) is 40.0 Å². The first-order chi connectivity index (χ1) is 11.6. The topological polar surface area (TPSA) is 65.4 Å². The number of thiazole rings is 1. The van der Waals surface area contributed by atoms with Crippen molar-refractivity contribution in [3.63, 3.8) is 0 Å². The van der Waals surface area contributed by atoms with Crippen molar-refractivity contribution in [1.29, 1.82) is 0 Å². The molecule has 0 amide bonds. The van der Waals surface area contributed by atoms with Crippen LogP contribution in [-0.4, -0.2) is 43.6 Å². The minimum absolute atomic E-state index is 0.637. The number of hydrogen-bond donors (Lipinski definition) is 2. The van der Waals surface area contributed by atoms with E-state index in [-0.39, 0.29) is 0 Å². The van der Waals surface area contributed by atoms with Gasteiger partial charge in [-0.15, -0.1) is 11.3 Å². The van der Waals surface area contributed by atoms with Crippen LogP contribution in [-0.2, 0) is 19.4 Å². The zero-order chi connectivity index (χ0) is 17.4. The van der Waals surface area contributed by atoms with Crippen LogP contribution in [0.2, 0.25) is 0 Å². The molecule has 0 aromatic carbocycles. The lowest BCUT2D eigenvalue weighted by molar-refractivity contribution is 0.780. The Morgan fingerprint density at radius 1 is 1.29 bits per heavy atom. The second kappa shape index (κ2) is 9.22. The van der Waals surface area contributed by atoms with Gasteiger partial charge in [-0.1, -0.05) is 13.0 Å². The summed E-state index contributed by atoms with van der Waals surface area (Å²) in [5.74, 6) is 1.73. The maximum absolute atomic E-state index is 4.59. The molecular formula is C17H26N6S. The van der Waals surface area contributed by atoms with Gasteiger partial charge in [-0.3, -0.25) is 4.99 Å². The molecule has 2 aromatic rings. The van der Waals surface area contributed by atoms with Crippen molar-refractivity contribution in [2.45, 2.75) is 26.3 Å². The van der Waals surface area contributed by atoms with Crippen LogP contribution in [0.1, 0.15) is 22.5 Å². The maximum Gasteiger partial charge on any atom is 0.191 e. The molecule has 0 aliphatic rings. The normalized spacial score (nSPS) is 11.4. The second-order valence-electron chi connectivity index (χ2n) is 5.56. The van der Waals surface area contributed by atoms with E-state index in [9.17, 15) is 0 Å². The molecule has 0 aliphatic heterocycles. The highest BCUT2D eigenvalue weighted by Gasteiger charge is 2.04. The first-order valence-corrected chi connectivity index (χ1v) is 8.95. The Morgan fingerprint density at radius 3 is 2.79 bits per heavy atom. The smallest absolute Gasteiger partial charge is 0.191 e. The third-order valence-electron chi connectivity index (χ3n) is 3.49. The number of aliphatic imine (C=N–C) groups is 1. The largest absolute Gasteiger partial charge is 0.363 e. The molecule has 6 nitrogen and oxygen atoms in total. The van der Waals surface area contributed by atoms with E-state index in [4.69, 9.17) is 0 Å². The third kappa shape index (κ3) is 5.49. The van der Waals surface area contributed by atoms with E-state index in [0.29, 0.717) is 6.54 Å². The Morgan fingerprint density at radius 2 is 2.12 bits per heavy atom. The Labute approximate surface area is 148 Å². The Balaban J connectivity index is 1.79. The number of anilines is 1. The molecule has 0 spiro atoms. The third-order valence-corrected chi connectivity index (χ3v) is 4.69. The molecule has 0 fully saturated rings. The molecule has 2 heterocycles. The van der Waals surface area contributed by atoms with Gasteiger partial charge in [0.2, 0.25) is 0 Å². The average Bonchev–Trinajstić information content (AvgIpc) is 3.06. The fourth-order valence-corrected chi connectivity index (χ4v) is 2.99. The molecule has 0 atom stereocenters. The molecule has 24 heavy (non-hydrogen) atoms. The number of guanidine groups is 1. The Bertz CT molecular complexity index is 665. The molecule has 2 N–H and O–H groups in total. The van der Waals surface area contributed by atoms with Gasteiger partial charge in [0.1, 0.15) is 5.82 Å². The lowest BCUT2D eigenvalue weighted by atomic mass is 10.3. The summed E-state index contributed by atoms with van der Waals surface area (Å²) >= 11 is 1.78. The van der Waals surface area contributed by atoms with Gasteiger partial charge >= 0.3 is 0 Å². The minimum atomic E-state index is 0.637. The standard InChI is InChI=1S/C17H26N6S/c1-5-14-12-20-16(24-14)9-10-19-17(18-2)21-11-13-7-6-8-15(22-13)23(3)4/h6-8,12H,5,9-11H2,1-4H3,(H2,18,19,21). The minimum Gasteiger partial charge on any atom is -0.363 e. The van der Waals surface area contributed by atoms with E-state index in [1.165, 1.54) is 4.88 Å². The molecule has 0 radical (unpaired) electrons. The van der Waals surface area contributed by atoms with E-state index < -0.39 is 0 Å². The molecule has 130 valence electrons. The van der Waals surface area contributed by atoms with E-state index >= 15 is 0 Å². The molecule has 0 aliphatic carbocycles. The van der Waals surface area contributed by atoms with Crippen molar-refractivity contribution < 1.29 is 0 Å². The fraction of sp³-hybridized carbons (Fsp3) is 0.471. The highest BCUT2D eigenvalue weighted by atomic mass is 32.1. The number of aryl methyl sites for hydroxylation is 1. The number of nitrogens with zero attached hydrogens (tertiary/aromatic N) is 4. The van der Waals surface area contributed by atoms with Crippen LogP contribution in [0.5, 0.6) is 0 Å². The van der Waals surface area contributed by atoms with Crippen molar-refractivity contribution >= 4 is 23.1 Å². The molecular weight excluding hydrogens is 320 g/mol. The molecule has 0 unspecified atom stereocenters. The van der Waals surface area contributed by atoms with Gasteiger partial charge in [-0.2, -0.15) is 0 Å². The van der Waals surface area contributed by atoms with E-state index in [1.807, 2.05) is 43.4 Å². The number of rotatable bonds is 7. The summed E-state index contributed by atoms with van der Waals surface area (Å²) in [6, 6.07) is 6.02. The monoisotopic (exact) mass is 346 g/mol. The molecule has 2 aromatic heterocycles. The fourth-order valence-electron chi connectivity index (χ4n) is 2.12. The molecule has 0 saturated heterocycles. The molecule has 0 saturated carbocycles. The summed E-state index contributed by atoms with van der Waals surface area (Å²) in [5.41, 5.74) is 0.983. The number of aromatic nitrogens is 2. The molecule has 7 heteroatoms. The molecule has 2 rings (SSSR count). The predicted octanol–water partition coefficient (Wildman–Crippen LogP) is 2.07. The SMILES string of the molecule is CCc1cnc(CCNC(=NC)NCc2cccc(N(C)C)n2)s1. The summed E-state index contributed by atoms with van der Waals surface area (Å²) < 4.78 is 0. The van der Waals surface area contributed by atoms with Gasteiger partial charge in [0.25, 0.3) is 0 Å². The summed E-state index contributed by atoms with van der Waals surface area (Å²) in [7, 11) is 5.75. The van der Waals surface area contributed by atoms with E-state index in [1.54, 1.807) is 18.4 Å². The van der Waals surface area contributed by atoms with E-state index in [2.05, 4.69) is 32.5 Å². The van der Waals surface area contributed by atoms with Gasteiger partial charge in [-0.05, 0) is 18.6 Å². The van der Waals surface area contributed by atoms with Gasteiger partial charge in [0, 0.05) is 45.2 Å². The lowest BCUT2D eigenvalue weighted by Crippen LogP contribution is -2.38. The van der Waals surface area contributed by atoms with Crippen LogP contribution in [0.3, 0.4) is 0 Å². The number of hydrogen-bond acceptors (Lipinski definition) is 5. The average molecular weight is 347 g/mol. The van der Waals surface area contributed by atoms with E-state index in [0.717, 1.165) is 41.9 Å². The lowest BCUT2D eigenvalue weighted by Gasteiger charge is -2.14. The summed E-state index contributed by atoms with van der Waals surface area (Å²) in [4.78, 5) is 16.6. The first kappa shape index (κ1) is 18.2. The van der Waals surface area contributed by atoms with Gasteiger partial charge in [-0.25, -0.2) is 9.97 Å². The zero-order valence-corrected chi connectivity index (χ0v) is 15.7. The highest BCUT2D eigenvalue weighted by molar-refractivity contribution is 7.11. The summed E-state index contributed by atoms with van der Waals surface area (Å²) in [6.07, 6.45) is 3.92. The van der Waals surface area contributed by atoms with Crippen LogP contribution in [0.15, 0.2) is 29.4 Å². The van der Waals surface area contributed by atoms with Crippen LogP contribution in [0.4, 0.5) is 5.82 Å². The highest BCUT2D eigenvalue weighted by Crippen LogP contribution is 2.13. The Kier molecular flexibility index (Phi) is 6.99. The van der Waals surface area contributed by atoms with Crippen LogP contribution in [0.25, 0.3) is 0 Å². The molecule has 0 bridgehead atoms. The van der Waals surface area contributed by atoms with Crippen LogP contribution in [0, 0.1) is 0 Å². The number of nitrogens with one attached hydrogen (secondary N) is 2.